The van der Waals surface area contributed by atoms with Crippen LogP contribution in [0.15, 0.2) is 22.7 Å². The fraction of sp³-hybridized carbons (Fsp3) is 0.538. The molecule has 0 N–H and O–H groups in total. The Morgan fingerprint density at radius 1 is 1.35 bits per heavy atom. The number of hydrogen-bond donors (Lipinski definition) is 1. The second kappa shape index (κ2) is 5.61. The summed E-state index contributed by atoms with van der Waals surface area (Å²) in [5, 5.41) is 0. The first-order valence-corrected chi connectivity index (χ1v) is 7.26. The summed E-state index contributed by atoms with van der Waals surface area (Å²) in [6.07, 6.45) is 4.80. The van der Waals surface area contributed by atoms with E-state index in [1.165, 1.54) is 25.0 Å². The molecule has 1 aromatic rings. The highest BCUT2D eigenvalue weighted by Crippen LogP contribution is 2.40. The minimum atomic E-state index is -0.269. The molecule has 2 rings (SSSR count). The van der Waals surface area contributed by atoms with E-state index in [4.69, 9.17) is 4.74 Å². The summed E-state index contributed by atoms with van der Waals surface area (Å²) in [6, 6.07) is 4.51. The summed E-state index contributed by atoms with van der Waals surface area (Å²) in [7, 11) is 0. The zero-order valence-electron chi connectivity index (χ0n) is 9.59. The first-order chi connectivity index (χ1) is 8.15. The number of halogens is 2. The van der Waals surface area contributed by atoms with Gasteiger partial charge in [-0.05, 0) is 46.7 Å². The molecule has 0 radical (unpaired) electrons. The Balaban J connectivity index is 2.03. The molecule has 0 saturated heterocycles. The van der Waals surface area contributed by atoms with Gasteiger partial charge in [0.05, 0.1) is 11.1 Å². The van der Waals surface area contributed by atoms with Crippen molar-refractivity contribution in [2.75, 3.05) is 12.4 Å². The van der Waals surface area contributed by atoms with E-state index in [1.54, 1.807) is 6.07 Å². The van der Waals surface area contributed by atoms with E-state index in [2.05, 4.69) is 28.6 Å². The van der Waals surface area contributed by atoms with E-state index in [1.807, 2.05) is 0 Å². The maximum atomic E-state index is 13.1. The number of hydrogen-bond acceptors (Lipinski definition) is 2. The molecule has 1 aliphatic rings. The highest BCUT2D eigenvalue weighted by atomic mass is 79.9. The van der Waals surface area contributed by atoms with Crippen LogP contribution >= 0.6 is 28.6 Å². The van der Waals surface area contributed by atoms with Crippen molar-refractivity contribution in [3.63, 3.8) is 0 Å². The van der Waals surface area contributed by atoms with E-state index in [-0.39, 0.29) is 11.2 Å². The molecule has 1 nitrogen and oxygen atoms in total. The molecule has 0 aromatic heterocycles. The molecule has 0 spiro atoms. The second-order valence-electron chi connectivity index (χ2n) is 4.73. The number of benzene rings is 1. The summed E-state index contributed by atoms with van der Waals surface area (Å²) in [4.78, 5) is 0. The van der Waals surface area contributed by atoms with Crippen LogP contribution in [0.3, 0.4) is 0 Å². The normalized spacial score (nSPS) is 18.3. The van der Waals surface area contributed by atoms with E-state index in [0.717, 1.165) is 23.1 Å². The average molecular weight is 319 g/mol. The fourth-order valence-electron chi connectivity index (χ4n) is 2.29. The maximum Gasteiger partial charge on any atom is 0.136 e. The maximum absolute atomic E-state index is 13.1. The molecule has 17 heavy (non-hydrogen) atoms. The van der Waals surface area contributed by atoms with Crippen LogP contribution in [-0.4, -0.2) is 12.4 Å². The molecular weight excluding hydrogens is 303 g/mol. The largest absolute Gasteiger partial charge is 0.492 e. The van der Waals surface area contributed by atoms with Gasteiger partial charge in [-0.3, -0.25) is 0 Å². The van der Waals surface area contributed by atoms with Gasteiger partial charge in [0.2, 0.25) is 0 Å². The molecule has 0 unspecified atom stereocenters. The summed E-state index contributed by atoms with van der Waals surface area (Å²) in [5.74, 6) is 1.15. The Morgan fingerprint density at radius 3 is 2.71 bits per heavy atom. The van der Waals surface area contributed by atoms with Crippen LogP contribution in [0.5, 0.6) is 5.75 Å². The quantitative estimate of drug-likeness (QED) is 0.806. The van der Waals surface area contributed by atoms with Gasteiger partial charge in [-0.2, -0.15) is 12.6 Å². The summed E-state index contributed by atoms with van der Waals surface area (Å²) in [6.45, 7) is 0.624. The van der Waals surface area contributed by atoms with Gasteiger partial charge in [-0.1, -0.05) is 12.8 Å². The molecule has 1 aromatic carbocycles. The van der Waals surface area contributed by atoms with Crippen molar-refractivity contribution < 1.29 is 9.13 Å². The van der Waals surface area contributed by atoms with Gasteiger partial charge in [0.25, 0.3) is 0 Å². The molecule has 4 heteroatoms. The monoisotopic (exact) mass is 318 g/mol. The van der Waals surface area contributed by atoms with E-state index < -0.39 is 0 Å². The Labute approximate surface area is 115 Å². The van der Waals surface area contributed by atoms with Crippen molar-refractivity contribution >= 4 is 28.6 Å². The highest BCUT2D eigenvalue weighted by molar-refractivity contribution is 9.10. The van der Waals surface area contributed by atoms with Crippen molar-refractivity contribution in [3.8, 4) is 5.75 Å². The first kappa shape index (κ1) is 13.2. The van der Waals surface area contributed by atoms with Crippen LogP contribution in [0.2, 0.25) is 0 Å². The van der Waals surface area contributed by atoms with Crippen molar-refractivity contribution in [1.82, 2.24) is 0 Å². The molecule has 0 heterocycles. The lowest BCUT2D eigenvalue weighted by Crippen LogP contribution is -2.27. The van der Waals surface area contributed by atoms with Crippen molar-refractivity contribution in [3.05, 3.63) is 28.5 Å². The van der Waals surface area contributed by atoms with Gasteiger partial charge < -0.3 is 4.74 Å². The summed E-state index contributed by atoms with van der Waals surface area (Å²) >= 11 is 7.80. The standard InChI is InChI=1S/C13H16BrFOS/c14-11-4-3-10(15)7-12(11)16-8-13(9-17)5-1-2-6-13/h3-4,7,17H,1-2,5-6,8-9H2. The molecule has 1 saturated carbocycles. The molecule has 1 fully saturated rings. The molecule has 0 atom stereocenters. The van der Waals surface area contributed by atoms with E-state index in [0.29, 0.717) is 12.4 Å². The fourth-order valence-corrected chi connectivity index (χ4v) is 3.06. The van der Waals surface area contributed by atoms with Crippen LogP contribution in [0, 0.1) is 11.2 Å². The SMILES string of the molecule is Fc1ccc(Br)c(OCC2(CS)CCCC2)c1. The van der Waals surface area contributed by atoms with Gasteiger partial charge in [0.15, 0.2) is 0 Å². The van der Waals surface area contributed by atoms with Crippen LogP contribution < -0.4 is 4.74 Å². The first-order valence-electron chi connectivity index (χ1n) is 5.84. The molecule has 0 aliphatic heterocycles. The minimum Gasteiger partial charge on any atom is -0.492 e. The zero-order valence-corrected chi connectivity index (χ0v) is 12.1. The van der Waals surface area contributed by atoms with Crippen LogP contribution in [0.4, 0.5) is 4.39 Å². The highest BCUT2D eigenvalue weighted by Gasteiger charge is 2.33. The molecule has 94 valence electrons. The minimum absolute atomic E-state index is 0.175. The van der Waals surface area contributed by atoms with Crippen LogP contribution in [0.25, 0.3) is 0 Å². The lowest BCUT2D eigenvalue weighted by Gasteiger charge is -2.27. The van der Waals surface area contributed by atoms with Crippen molar-refractivity contribution in [1.29, 1.82) is 0 Å². The lowest BCUT2D eigenvalue weighted by molar-refractivity contribution is 0.172. The van der Waals surface area contributed by atoms with Gasteiger partial charge in [-0.25, -0.2) is 4.39 Å². The van der Waals surface area contributed by atoms with E-state index >= 15 is 0 Å². The van der Waals surface area contributed by atoms with Gasteiger partial charge in [-0.15, -0.1) is 0 Å². The lowest BCUT2D eigenvalue weighted by atomic mass is 9.90. The molecule has 1 aliphatic carbocycles. The Bertz CT molecular complexity index is 391. The Hall–Kier alpha value is -0.220. The van der Waals surface area contributed by atoms with Crippen molar-refractivity contribution in [2.24, 2.45) is 5.41 Å². The Kier molecular flexibility index (Phi) is 4.36. The van der Waals surface area contributed by atoms with Gasteiger partial charge in [0, 0.05) is 11.5 Å². The number of rotatable bonds is 4. The predicted octanol–water partition coefficient (Wildman–Crippen LogP) is 4.46. The number of thiol groups is 1. The predicted molar refractivity (Wildman–Crippen MR) is 74.3 cm³/mol. The third-order valence-electron chi connectivity index (χ3n) is 3.43. The molecular formula is C13H16BrFOS. The second-order valence-corrected chi connectivity index (χ2v) is 5.90. The topological polar surface area (TPSA) is 9.23 Å². The smallest absolute Gasteiger partial charge is 0.136 e. The van der Waals surface area contributed by atoms with E-state index in [9.17, 15) is 4.39 Å². The number of ether oxygens (including phenoxy) is 1. The zero-order chi connectivity index (χ0) is 12.3. The average Bonchev–Trinajstić information content (AvgIpc) is 2.80. The van der Waals surface area contributed by atoms with Gasteiger partial charge in [0.1, 0.15) is 11.6 Å². The van der Waals surface area contributed by atoms with Crippen LogP contribution in [-0.2, 0) is 0 Å². The molecule has 0 bridgehead atoms. The third kappa shape index (κ3) is 3.16. The summed E-state index contributed by atoms with van der Waals surface area (Å²) in [5.41, 5.74) is 0.175. The van der Waals surface area contributed by atoms with Gasteiger partial charge >= 0.3 is 0 Å². The van der Waals surface area contributed by atoms with Crippen LogP contribution in [0.1, 0.15) is 25.7 Å². The third-order valence-corrected chi connectivity index (χ3v) is 4.75. The van der Waals surface area contributed by atoms with Crippen molar-refractivity contribution in [2.45, 2.75) is 25.7 Å². The Morgan fingerprint density at radius 2 is 2.06 bits per heavy atom. The summed E-state index contributed by atoms with van der Waals surface area (Å²) < 4.78 is 19.7. The molecule has 0 amide bonds.